The number of Topliss-reactive ketones (excluding diaryl/α,β-unsaturated/α-hetero) is 1. The van der Waals surface area contributed by atoms with Crippen molar-refractivity contribution in [2.75, 3.05) is 0 Å². The lowest BCUT2D eigenvalue weighted by atomic mass is 9.86. The Labute approximate surface area is 142 Å². The van der Waals surface area contributed by atoms with Crippen LogP contribution in [-0.4, -0.2) is 21.7 Å². The predicted molar refractivity (Wildman–Crippen MR) is 87.3 cm³/mol. The van der Waals surface area contributed by atoms with Gasteiger partial charge in [-0.2, -0.15) is 0 Å². The average molecular weight is 342 g/mol. The second kappa shape index (κ2) is 6.68. The minimum absolute atomic E-state index is 0.0340. The largest absolute Gasteiger partial charge is 0.482 e. The molecule has 0 aliphatic heterocycles. The number of ether oxygens (including phenoxy) is 1. The van der Waals surface area contributed by atoms with Crippen molar-refractivity contribution in [3.63, 3.8) is 0 Å². The third-order valence-electron chi connectivity index (χ3n) is 4.16. The highest BCUT2D eigenvalue weighted by Gasteiger charge is 2.40. The Morgan fingerprint density at radius 2 is 1.80 bits per heavy atom. The molecule has 8 heteroatoms. The molecule has 1 aliphatic rings. The van der Waals surface area contributed by atoms with Crippen LogP contribution in [0, 0.1) is 20.2 Å². The number of benzene rings is 2. The molecule has 1 aliphatic carbocycles. The molecule has 0 amide bonds. The van der Waals surface area contributed by atoms with Crippen LogP contribution in [0.5, 0.6) is 5.75 Å². The lowest BCUT2D eigenvalue weighted by molar-refractivity contribution is -0.506. The summed E-state index contributed by atoms with van der Waals surface area (Å²) in [7, 11) is 0. The number of fused-ring (bicyclic) bond motifs is 1. The highest BCUT2D eigenvalue weighted by Crippen LogP contribution is 2.38. The average Bonchev–Trinajstić information content (AvgIpc) is 2.60. The zero-order chi connectivity index (χ0) is 18.0. The van der Waals surface area contributed by atoms with E-state index >= 15 is 0 Å². The Morgan fingerprint density at radius 3 is 2.44 bits per heavy atom. The highest BCUT2D eigenvalue weighted by atomic mass is 16.6. The summed E-state index contributed by atoms with van der Waals surface area (Å²) in [4.78, 5) is 33.4. The Balaban J connectivity index is 1.95. The van der Waals surface area contributed by atoms with Gasteiger partial charge in [0.25, 0.3) is 6.04 Å². The molecule has 0 N–H and O–H groups in total. The van der Waals surface area contributed by atoms with E-state index in [0.717, 1.165) is 5.56 Å². The number of rotatable bonds is 5. The molecule has 0 heterocycles. The zero-order valence-electron chi connectivity index (χ0n) is 13.1. The van der Waals surface area contributed by atoms with E-state index in [1.165, 1.54) is 12.1 Å². The molecular formula is C17H14N2O6. The molecule has 0 fully saturated rings. The number of nitro benzene ring substituents is 1. The summed E-state index contributed by atoms with van der Waals surface area (Å²) in [5, 5.41) is 22.5. The first kappa shape index (κ1) is 16.6. The maximum absolute atomic E-state index is 12.2. The summed E-state index contributed by atoms with van der Waals surface area (Å²) in [5.41, 5.74) is 0.799. The molecular weight excluding hydrogens is 328 g/mol. The van der Waals surface area contributed by atoms with E-state index in [4.69, 9.17) is 4.74 Å². The molecule has 8 nitrogen and oxygen atoms in total. The van der Waals surface area contributed by atoms with Gasteiger partial charge in [-0.1, -0.05) is 30.3 Å². The molecule has 0 radical (unpaired) electrons. The van der Waals surface area contributed by atoms with Crippen LogP contribution in [0.1, 0.15) is 27.9 Å². The van der Waals surface area contributed by atoms with Gasteiger partial charge in [0.2, 0.25) is 5.78 Å². The Bertz CT molecular complexity index is 850. The van der Waals surface area contributed by atoms with Crippen molar-refractivity contribution in [1.82, 2.24) is 0 Å². The summed E-state index contributed by atoms with van der Waals surface area (Å²) >= 11 is 0. The van der Waals surface area contributed by atoms with Crippen molar-refractivity contribution in [3.05, 3.63) is 79.4 Å². The van der Waals surface area contributed by atoms with Gasteiger partial charge >= 0.3 is 5.69 Å². The number of ketones is 1. The Morgan fingerprint density at radius 1 is 1.08 bits per heavy atom. The molecule has 0 saturated heterocycles. The van der Waals surface area contributed by atoms with Crippen molar-refractivity contribution < 1.29 is 19.4 Å². The van der Waals surface area contributed by atoms with E-state index in [1.807, 2.05) is 30.3 Å². The maximum atomic E-state index is 12.2. The first-order valence-electron chi connectivity index (χ1n) is 7.63. The van der Waals surface area contributed by atoms with Crippen LogP contribution >= 0.6 is 0 Å². The maximum Gasteiger partial charge on any atom is 0.314 e. The molecule has 2 aromatic rings. The van der Waals surface area contributed by atoms with Crippen LogP contribution in [0.3, 0.4) is 0 Å². The van der Waals surface area contributed by atoms with Gasteiger partial charge in [-0.3, -0.25) is 25.0 Å². The molecule has 3 rings (SSSR count). The van der Waals surface area contributed by atoms with Gasteiger partial charge in [0.1, 0.15) is 6.61 Å². The van der Waals surface area contributed by atoms with E-state index in [-0.39, 0.29) is 42.0 Å². The van der Waals surface area contributed by atoms with Crippen molar-refractivity contribution in [2.45, 2.75) is 25.5 Å². The van der Waals surface area contributed by atoms with Crippen LogP contribution in [0.25, 0.3) is 0 Å². The molecule has 0 bridgehead atoms. The smallest absolute Gasteiger partial charge is 0.314 e. The number of hydrogen-bond acceptors (Lipinski definition) is 6. The summed E-state index contributed by atoms with van der Waals surface area (Å²) in [6.45, 7) is 0.145. The van der Waals surface area contributed by atoms with Crippen LogP contribution in [0.15, 0.2) is 42.5 Å². The van der Waals surface area contributed by atoms with Crippen molar-refractivity contribution in [2.24, 2.45) is 0 Å². The standard InChI is InChI=1S/C17H14N2O6/c20-17-13-7-9-15(25-10-11-4-2-1-3-5-11)16(19(23)24)12(13)6-8-14(17)18(21)22/h1-5,7,9,14H,6,8,10H2. The molecule has 0 spiro atoms. The first-order chi connectivity index (χ1) is 12.0. The molecule has 128 valence electrons. The normalized spacial score (nSPS) is 16.2. The van der Waals surface area contributed by atoms with Gasteiger partial charge in [-0.05, 0) is 24.1 Å². The number of nitro groups is 2. The summed E-state index contributed by atoms with van der Waals surface area (Å²) < 4.78 is 5.57. The van der Waals surface area contributed by atoms with E-state index < -0.39 is 21.7 Å². The number of hydrogen-bond donors (Lipinski definition) is 0. The summed E-state index contributed by atoms with van der Waals surface area (Å²) in [6, 6.07) is 10.5. The van der Waals surface area contributed by atoms with E-state index in [9.17, 15) is 25.0 Å². The van der Waals surface area contributed by atoms with Gasteiger partial charge in [0.15, 0.2) is 5.75 Å². The topological polar surface area (TPSA) is 113 Å². The van der Waals surface area contributed by atoms with E-state index in [2.05, 4.69) is 0 Å². The number of carbonyl (C=O) groups is 1. The Hall–Kier alpha value is -3.29. The van der Waals surface area contributed by atoms with Crippen LogP contribution < -0.4 is 4.74 Å². The summed E-state index contributed by atoms with van der Waals surface area (Å²) in [5.74, 6) is -0.635. The third kappa shape index (κ3) is 3.18. The lowest BCUT2D eigenvalue weighted by Gasteiger charge is -2.19. The van der Waals surface area contributed by atoms with E-state index in [1.54, 1.807) is 0 Å². The molecule has 1 atom stereocenters. The monoisotopic (exact) mass is 342 g/mol. The number of nitrogens with zero attached hydrogens (tertiary/aromatic N) is 2. The lowest BCUT2D eigenvalue weighted by Crippen LogP contribution is -2.34. The van der Waals surface area contributed by atoms with Gasteiger partial charge < -0.3 is 4.74 Å². The van der Waals surface area contributed by atoms with E-state index in [0.29, 0.717) is 0 Å². The van der Waals surface area contributed by atoms with Gasteiger partial charge in [-0.15, -0.1) is 0 Å². The van der Waals surface area contributed by atoms with Crippen LogP contribution in [0.4, 0.5) is 5.69 Å². The van der Waals surface area contributed by atoms with Gasteiger partial charge in [0.05, 0.1) is 4.92 Å². The molecule has 0 aromatic heterocycles. The SMILES string of the molecule is O=C1c2ccc(OCc3ccccc3)c([N+](=O)[O-])c2CCC1[N+](=O)[O-]. The quantitative estimate of drug-likeness (QED) is 0.610. The zero-order valence-corrected chi connectivity index (χ0v) is 13.1. The van der Waals surface area contributed by atoms with Gasteiger partial charge in [0, 0.05) is 22.5 Å². The van der Waals surface area contributed by atoms with Crippen molar-refractivity contribution in [3.8, 4) is 5.75 Å². The first-order valence-corrected chi connectivity index (χ1v) is 7.63. The fourth-order valence-corrected chi connectivity index (χ4v) is 2.94. The molecule has 25 heavy (non-hydrogen) atoms. The molecule has 1 unspecified atom stereocenters. The fourth-order valence-electron chi connectivity index (χ4n) is 2.94. The third-order valence-corrected chi connectivity index (χ3v) is 4.16. The van der Waals surface area contributed by atoms with Crippen molar-refractivity contribution >= 4 is 11.5 Å². The second-order valence-electron chi connectivity index (χ2n) is 5.67. The molecule has 2 aromatic carbocycles. The minimum atomic E-state index is -1.34. The van der Waals surface area contributed by atoms with Crippen LogP contribution in [-0.2, 0) is 13.0 Å². The Kier molecular flexibility index (Phi) is 4.42. The second-order valence-corrected chi connectivity index (χ2v) is 5.67. The highest BCUT2D eigenvalue weighted by molar-refractivity contribution is 6.02. The van der Waals surface area contributed by atoms with Gasteiger partial charge in [-0.25, -0.2) is 0 Å². The fraction of sp³-hybridized carbons (Fsp3) is 0.235. The predicted octanol–water partition coefficient (Wildman–Crippen LogP) is 2.95. The van der Waals surface area contributed by atoms with Crippen LogP contribution in [0.2, 0.25) is 0 Å². The minimum Gasteiger partial charge on any atom is -0.482 e. The van der Waals surface area contributed by atoms with Crippen molar-refractivity contribution in [1.29, 1.82) is 0 Å². The molecule has 0 saturated carbocycles. The number of carbonyl (C=O) groups excluding carboxylic acids is 1. The summed E-state index contributed by atoms with van der Waals surface area (Å²) in [6.07, 6.45) is 0.0351.